The summed E-state index contributed by atoms with van der Waals surface area (Å²) in [7, 11) is 0. The Bertz CT molecular complexity index is 221. The minimum atomic E-state index is -1.52. The standard InChI is InChI=1S/C5H6N2O4/c6-5(11)7-3(8)1-2-4(9)10/h1-2H,(H,9,10)(H3,6,7,8,11)/p-1/b2-1+. The summed E-state index contributed by atoms with van der Waals surface area (Å²) in [6, 6.07) is -1.04. The predicted octanol–water partition coefficient (Wildman–Crippen LogP) is -2.51. The average Bonchev–Trinajstić information content (AvgIpc) is 1.82. The Morgan fingerprint density at radius 1 is 1.27 bits per heavy atom. The normalized spacial score (nSPS) is 9.45. The van der Waals surface area contributed by atoms with Gasteiger partial charge in [0.15, 0.2) is 0 Å². The second kappa shape index (κ2) is 4.04. The largest absolute Gasteiger partial charge is 0.545 e. The summed E-state index contributed by atoms with van der Waals surface area (Å²) in [6.45, 7) is 0. The molecule has 0 spiro atoms. The lowest BCUT2D eigenvalue weighted by molar-refractivity contribution is -0.297. The topological polar surface area (TPSA) is 112 Å². The zero-order valence-electron chi connectivity index (χ0n) is 5.37. The number of nitrogens with one attached hydrogen (secondary N) is 1. The van der Waals surface area contributed by atoms with Crippen molar-refractivity contribution in [2.45, 2.75) is 0 Å². The van der Waals surface area contributed by atoms with E-state index in [1.165, 1.54) is 0 Å². The fourth-order valence-electron chi connectivity index (χ4n) is 0.307. The maximum atomic E-state index is 10.4. The molecule has 0 saturated carbocycles. The third kappa shape index (κ3) is 6.03. The molecular weight excluding hydrogens is 152 g/mol. The molecule has 0 aliphatic carbocycles. The van der Waals surface area contributed by atoms with Crippen LogP contribution in [0.1, 0.15) is 0 Å². The van der Waals surface area contributed by atoms with Crippen molar-refractivity contribution in [1.82, 2.24) is 5.32 Å². The Morgan fingerprint density at radius 3 is 2.18 bits per heavy atom. The molecule has 0 aromatic rings. The number of carbonyl (C=O) groups is 3. The lowest BCUT2D eigenvalue weighted by Gasteiger charge is -1.93. The number of amides is 3. The number of carboxylic acid groups (broad SMARTS) is 1. The first-order valence-electron chi connectivity index (χ1n) is 2.52. The SMILES string of the molecule is NC(=O)NC(=O)/C=C/C(=O)[O-]. The van der Waals surface area contributed by atoms with E-state index in [4.69, 9.17) is 0 Å². The Morgan fingerprint density at radius 2 is 1.82 bits per heavy atom. The highest BCUT2D eigenvalue weighted by atomic mass is 16.4. The smallest absolute Gasteiger partial charge is 0.319 e. The number of primary amides is 1. The number of aliphatic carboxylic acids is 1. The van der Waals surface area contributed by atoms with Crippen LogP contribution in [0.4, 0.5) is 4.79 Å². The van der Waals surface area contributed by atoms with Crippen LogP contribution in [-0.2, 0) is 9.59 Å². The number of hydrogen-bond donors (Lipinski definition) is 2. The predicted molar refractivity (Wildman–Crippen MR) is 31.9 cm³/mol. The van der Waals surface area contributed by atoms with Crippen LogP contribution in [-0.4, -0.2) is 17.9 Å². The van der Waals surface area contributed by atoms with Crippen LogP contribution < -0.4 is 16.2 Å². The number of nitrogens with two attached hydrogens (primary N) is 1. The molecule has 0 aromatic heterocycles. The lowest BCUT2D eigenvalue weighted by Crippen LogP contribution is -2.34. The quantitative estimate of drug-likeness (QED) is 0.431. The van der Waals surface area contributed by atoms with Crippen molar-refractivity contribution < 1.29 is 19.5 Å². The maximum Gasteiger partial charge on any atom is 0.319 e. The van der Waals surface area contributed by atoms with Crippen LogP contribution in [0.25, 0.3) is 0 Å². The van der Waals surface area contributed by atoms with Gasteiger partial charge < -0.3 is 15.6 Å². The van der Waals surface area contributed by atoms with E-state index in [9.17, 15) is 19.5 Å². The van der Waals surface area contributed by atoms with E-state index in [0.29, 0.717) is 12.2 Å². The molecule has 0 aliphatic rings. The number of hydrogen-bond acceptors (Lipinski definition) is 4. The van der Waals surface area contributed by atoms with Crippen molar-refractivity contribution in [3.8, 4) is 0 Å². The molecule has 0 saturated heterocycles. The van der Waals surface area contributed by atoms with Gasteiger partial charge in [-0.15, -0.1) is 0 Å². The van der Waals surface area contributed by atoms with E-state index in [-0.39, 0.29) is 0 Å². The summed E-state index contributed by atoms with van der Waals surface area (Å²) < 4.78 is 0. The highest BCUT2D eigenvalue weighted by Crippen LogP contribution is 1.70. The molecule has 6 nitrogen and oxygen atoms in total. The first-order valence-corrected chi connectivity index (χ1v) is 2.52. The summed E-state index contributed by atoms with van der Waals surface area (Å²) in [5.41, 5.74) is 4.53. The van der Waals surface area contributed by atoms with Crippen molar-refractivity contribution in [3.05, 3.63) is 12.2 Å². The summed E-state index contributed by atoms with van der Waals surface area (Å²) >= 11 is 0. The van der Waals surface area contributed by atoms with Gasteiger partial charge in [0.1, 0.15) is 0 Å². The van der Waals surface area contributed by atoms with E-state index >= 15 is 0 Å². The Balaban J connectivity index is 3.88. The van der Waals surface area contributed by atoms with Crippen molar-refractivity contribution in [2.75, 3.05) is 0 Å². The molecule has 0 aliphatic heterocycles. The number of imide groups is 1. The monoisotopic (exact) mass is 157 g/mol. The second-order valence-corrected chi connectivity index (χ2v) is 1.51. The molecule has 0 unspecified atom stereocenters. The zero-order chi connectivity index (χ0) is 8.85. The number of rotatable bonds is 2. The fourth-order valence-corrected chi connectivity index (χ4v) is 0.307. The highest BCUT2D eigenvalue weighted by Gasteiger charge is 1.96. The Hall–Kier alpha value is -1.85. The molecule has 11 heavy (non-hydrogen) atoms. The third-order valence-electron chi connectivity index (χ3n) is 0.617. The summed E-state index contributed by atoms with van der Waals surface area (Å²) in [6.07, 6.45) is 1.11. The van der Waals surface area contributed by atoms with Crippen LogP contribution in [0.2, 0.25) is 0 Å². The highest BCUT2D eigenvalue weighted by molar-refractivity contribution is 6.01. The Kier molecular flexibility index (Phi) is 3.36. The zero-order valence-corrected chi connectivity index (χ0v) is 5.37. The van der Waals surface area contributed by atoms with Gasteiger partial charge in [-0.05, 0) is 6.08 Å². The number of urea groups is 1. The molecule has 0 bridgehead atoms. The van der Waals surface area contributed by atoms with Crippen LogP contribution in [0, 0.1) is 0 Å². The molecule has 0 aromatic carbocycles. The summed E-state index contributed by atoms with van der Waals surface area (Å²) in [4.78, 5) is 30.0. The molecule has 60 valence electrons. The van der Waals surface area contributed by atoms with Gasteiger partial charge in [0.25, 0.3) is 5.91 Å². The van der Waals surface area contributed by atoms with Gasteiger partial charge >= 0.3 is 6.03 Å². The minimum Gasteiger partial charge on any atom is -0.545 e. The first-order chi connectivity index (χ1) is 5.02. The van der Waals surface area contributed by atoms with E-state index in [1.54, 1.807) is 5.32 Å². The molecule has 0 rings (SSSR count). The summed E-state index contributed by atoms with van der Waals surface area (Å²) in [5.74, 6) is -2.42. The molecule has 0 radical (unpaired) electrons. The molecular formula is C5H5N2O4-. The average molecular weight is 157 g/mol. The van der Waals surface area contributed by atoms with Gasteiger partial charge in [0.05, 0.1) is 5.97 Å². The molecule has 0 atom stereocenters. The maximum absolute atomic E-state index is 10.4. The second-order valence-electron chi connectivity index (χ2n) is 1.51. The van der Waals surface area contributed by atoms with Gasteiger partial charge in [-0.1, -0.05) is 0 Å². The fraction of sp³-hybridized carbons (Fsp3) is 0. The minimum absolute atomic E-state index is 0.484. The van der Waals surface area contributed by atoms with Gasteiger partial charge in [0.2, 0.25) is 0 Å². The molecule has 6 heteroatoms. The van der Waals surface area contributed by atoms with E-state index < -0.39 is 17.9 Å². The van der Waals surface area contributed by atoms with E-state index in [1.807, 2.05) is 0 Å². The van der Waals surface area contributed by atoms with E-state index in [0.717, 1.165) is 0 Å². The lowest BCUT2D eigenvalue weighted by atomic mass is 10.5. The van der Waals surface area contributed by atoms with Crippen LogP contribution in [0.5, 0.6) is 0 Å². The van der Waals surface area contributed by atoms with Gasteiger partial charge in [-0.25, -0.2) is 4.79 Å². The van der Waals surface area contributed by atoms with Crippen molar-refractivity contribution >= 4 is 17.9 Å². The Labute approximate surface area is 61.7 Å². The molecule has 0 heterocycles. The number of carbonyl (C=O) groups excluding carboxylic acids is 3. The van der Waals surface area contributed by atoms with Crippen LogP contribution >= 0.6 is 0 Å². The summed E-state index contributed by atoms with van der Waals surface area (Å²) in [5, 5.41) is 11.3. The number of carboxylic acids is 1. The molecule has 3 N–H and O–H groups in total. The van der Waals surface area contributed by atoms with Gasteiger partial charge in [0, 0.05) is 6.08 Å². The van der Waals surface area contributed by atoms with Crippen molar-refractivity contribution in [2.24, 2.45) is 5.73 Å². The van der Waals surface area contributed by atoms with Crippen molar-refractivity contribution in [1.29, 1.82) is 0 Å². The van der Waals surface area contributed by atoms with Gasteiger partial charge in [-0.3, -0.25) is 10.1 Å². The third-order valence-corrected chi connectivity index (χ3v) is 0.617. The van der Waals surface area contributed by atoms with Crippen LogP contribution in [0.15, 0.2) is 12.2 Å². The molecule has 0 fully saturated rings. The molecule has 3 amide bonds. The van der Waals surface area contributed by atoms with E-state index in [2.05, 4.69) is 5.73 Å². The first kappa shape index (κ1) is 9.15. The van der Waals surface area contributed by atoms with Gasteiger partial charge in [-0.2, -0.15) is 0 Å². The van der Waals surface area contributed by atoms with Crippen LogP contribution in [0.3, 0.4) is 0 Å². The van der Waals surface area contributed by atoms with Crippen molar-refractivity contribution in [3.63, 3.8) is 0 Å².